The number of fused-ring (bicyclic) bond motifs is 1. The summed E-state index contributed by atoms with van der Waals surface area (Å²) in [5, 5.41) is 12.5. The highest BCUT2D eigenvalue weighted by Crippen LogP contribution is 2.44. The number of amides is 1. The predicted molar refractivity (Wildman–Crippen MR) is 134 cm³/mol. The summed E-state index contributed by atoms with van der Waals surface area (Å²) >= 11 is 13.3. The SMILES string of the molecule is COc1ccc2nc(N3C(=O)C(=O)C(=C(O)c4ccc(Cl)cc4)C3c3ccc(Cl)cc3)sc2c1. The lowest BCUT2D eigenvalue weighted by Gasteiger charge is -2.23. The fraction of sp³-hybridized carbons (Fsp3) is 0.0800. The first-order valence-electron chi connectivity index (χ1n) is 10.1. The molecule has 5 rings (SSSR count). The second-order valence-electron chi connectivity index (χ2n) is 7.56. The number of benzene rings is 3. The second-order valence-corrected chi connectivity index (χ2v) is 9.44. The van der Waals surface area contributed by atoms with Gasteiger partial charge in [-0.05, 0) is 60.2 Å². The fourth-order valence-electron chi connectivity index (χ4n) is 3.88. The van der Waals surface area contributed by atoms with Crippen molar-refractivity contribution in [1.29, 1.82) is 0 Å². The molecule has 1 N–H and O–H groups in total. The van der Waals surface area contributed by atoms with E-state index in [0.29, 0.717) is 37.6 Å². The number of aliphatic hydroxyl groups is 1. The first-order chi connectivity index (χ1) is 16.4. The summed E-state index contributed by atoms with van der Waals surface area (Å²) in [6, 6.07) is 17.7. The topological polar surface area (TPSA) is 79.7 Å². The van der Waals surface area contributed by atoms with Gasteiger partial charge in [-0.15, -0.1) is 0 Å². The van der Waals surface area contributed by atoms with Gasteiger partial charge in [-0.25, -0.2) is 4.98 Å². The lowest BCUT2D eigenvalue weighted by atomic mass is 9.95. The Hall–Kier alpha value is -3.39. The van der Waals surface area contributed by atoms with E-state index in [1.807, 2.05) is 6.07 Å². The van der Waals surface area contributed by atoms with Gasteiger partial charge in [0, 0.05) is 15.6 Å². The Labute approximate surface area is 208 Å². The van der Waals surface area contributed by atoms with Crippen LogP contribution in [0.1, 0.15) is 17.2 Å². The molecule has 6 nitrogen and oxygen atoms in total. The third kappa shape index (κ3) is 3.81. The zero-order chi connectivity index (χ0) is 24.0. The van der Waals surface area contributed by atoms with Gasteiger partial charge in [0.1, 0.15) is 11.5 Å². The van der Waals surface area contributed by atoms with E-state index >= 15 is 0 Å². The summed E-state index contributed by atoms with van der Waals surface area (Å²) in [6.45, 7) is 0. The molecule has 1 saturated heterocycles. The lowest BCUT2D eigenvalue weighted by molar-refractivity contribution is -0.132. The van der Waals surface area contributed by atoms with Crippen LogP contribution in [0, 0.1) is 0 Å². The maximum atomic E-state index is 13.3. The quantitative estimate of drug-likeness (QED) is 0.199. The molecule has 1 atom stereocenters. The van der Waals surface area contributed by atoms with Crippen LogP contribution in [-0.2, 0) is 9.59 Å². The number of thiazole rings is 1. The highest BCUT2D eigenvalue weighted by atomic mass is 35.5. The second kappa shape index (κ2) is 8.76. The maximum absolute atomic E-state index is 13.3. The number of Topliss-reactive ketones (excluding diaryl/α,β-unsaturated/α-hetero) is 1. The van der Waals surface area contributed by atoms with Crippen molar-refractivity contribution < 1.29 is 19.4 Å². The number of aromatic nitrogens is 1. The van der Waals surface area contributed by atoms with Crippen molar-refractivity contribution in [2.45, 2.75) is 6.04 Å². The number of aliphatic hydroxyl groups excluding tert-OH is 1. The van der Waals surface area contributed by atoms with E-state index in [-0.39, 0.29) is 11.3 Å². The van der Waals surface area contributed by atoms with Crippen molar-refractivity contribution in [2.24, 2.45) is 0 Å². The smallest absolute Gasteiger partial charge is 0.301 e. The Bertz CT molecular complexity index is 1460. The standard InChI is InChI=1S/C25H16Cl2N2O4S/c1-33-17-10-11-18-19(12-17)34-25(28-18)29-21(13-2-6-15(26)7-3-13)20(23(31)24(29)32)22(30)14-4-8-16(27)9-5-14/h2-12,21,30H,1H3. The van der Waals surface area contributed by atoms with Crippen molar-refractivity contribution >= 4 is 67.3 Å². The van der Waals surface area contributed by atoms with Crippen LogP contribution in [-0.4, -0.2) is 28.9 Å². The number of methoxy groups -OCH3 is 1. The van der Waals surface area contributed by atoms with E-state index in [1.165, 1.54) is 16.2 Å². The van der Waals surface area contributed by atoms with E-state index in [0.717, 1.165) is 4.70 Å². The molecule has 0 aliphatic carbocycles. The minimum Gasteiger partial charge on any atom is -0.507 e. The summed E-state index contributed by atoms with van der Waals surface area (Å²) in [7, 11) is 1.57. The van der Waals surface area contributed by atoms with Crippen molar-refractivity contribution in [3.05, 3.63) is 93.5 Å². The number of nitrogens with zero attached hydrogens (tertiary/aromatic N) is 2. The molecule has 1 unspecified atom stereocenters. The largest absolute Gasteiger partial charge is 0.507 e. The van der Waals surface area contributed by atoms with Crippen LogP contribution < -0.4 is 9.64 Å². The summed E-state index contributed by atoms with van der Waals surface area (Å²) in [6.07, 6.45) is 0. The van der Waals surface area contributed by atoms with Gasteiger partial charge in [0.25, 0.3) is 5.78 Å². The fourth-order valence-corrected chi connectivity index (χ4v) is 5.15. The number of hydrogen-bond acceptors (Lipinski definition) is 6. The lowest BCUT2D eigenvalue weighted by Crippen LogP contribution is -2.29. The first kappa shape index (κ1) is 22.4. The Morgan fingerprint density at radius 3 is 2.29 bits per heavy atom. The van der Waals surface area contributed by atoms with Crippen molar-refractivity contribution in [3.8, 4) is 5.75 Å². The molecule has 0 spiro atoms. The monoisotopic (exact) mass is 510 g/mol. The van der Waals surface area contributed by atoms with Gasteiger partial charge < -0.3 is 9.84 Å². The number of hydrogen-bond donors (Lipinski definition) is 1. The molecule has 34 heavy (non-hydrogen) atoms. The molecular formula is C25H16Cl2N2O4S. The third-order valence-corrected chi connectivity index (χ3v) is 7.06. The molecule has 1 aromatic heterocycles. The molecule has 0 bridgehead atoms. The highest BCUT2D eigenvalue weighted by Gasteiger charge is 2.48. The first-order valence-corrected chi connectivity index (χ1v) is 11.7. The Morgan fingerprint density at radius 2 is 1.65 bits per heavy atom. The van der Waals surface area contributed by atoms with Crippen molar-refractivity contribution in [1.82, 2.24) is 4.98 Å². The molecule has 1 aliphatic rings. The van der Waals surface area contributed by atoms with Crippen molar-refractivity contribution in [2.75, 3.05) is 12.0 Å². The van der Waals surface area contributed by atoms with E-state index < -0.39 is 17.7 Å². The van der Waals surface area contributed by atoms with E-state index in [2.05, 4.69) is 4.98 Å². The van der Waals surface area contributed by atoms with Gasteiger partial charge in [0.05, 0.1) is 28.9 Å². The van der Waals surface area contributed by atoms with Gasteiger partial charge in [0.15, 0.2) is 5.13 Å². The summed E-state index contributed by atoms with van der Waals surface area (Å²) in [5.41, 5.74) is 1.60. The van der Waals surface area contributed by atoms with Crippen molar-refractivity contribution in [3.63, 3.8) is 0 Å². The molecule has 170 valence electrons. The molecule has 0 radical (unpaired) electrons. The highest BCUT2D eigenvalue weighted by molar-refractivity contribution is 7.22. The number of ketones is 1. The average Bonchev–Trinajstić information content (AvgIpc) is 3.37. The molecule has 2 heterocycles. The average molecular weight is 511 g/mol. The summed E-state index contributed by atoms with van der Waals surface area (Å²) in [5.74, 6) is -1.22. The van der Waals surface area contributed by atoms with Crippen LogP contribution >= 0.6 is 34.5 Å². The normalized spacial score (nSPS) is 17.5. The van der Waals surface area contributed by atoms with Gasteiger partial charge >= 0.3 is 5.91 Å². The van der Waals surface area contributed by atoms with Crippen LogP contribution in [0.2, 0.25) is 10.0 Å². The van der Waals surface area contributed by atoms with E-state index in [1.54, 1.807) is 67.8 Å². The number of anilines is 1. The predicted octanol–water partition coefficient (Wildman–Crippen LogP) is 6.24. The molecular weight excluding hydrogens is 495 g/mol. The zero-order valence-electron chi connectivity index (χ0n) is 17.7. The van der Waals surface area contributed by atoms with Crippen LogP contribution in [0.15, 0.2) is 72.3 Å². The van der Waals surface area contributed by atoms with Gasteiger partial charge in [-0.2, -0.15) is 0 Å². The minimum atomic E-state index is -0.893. The van der Waals surface area contributed by atoms with Crippen LogP contribution in [0.25, 0.3) is 16.0 Å². The number of carbonyl (C=O) groups excluding carboxylic acids is 2. The van der Waals surface area contributed by atoms with Gasteiger partial charge in [0.2, 0.25) is 0 Å². The molecule has 0 saturated carbocycles. The Balaban J connectivity index is 1.71. The van der Waals surface area contributed by atoms with E-state index in [9.17, 15) is 14.7 Å². The molecule has 1 amide bonds. The zero-order valence-corrected chi connectivity index (χ0v) is 20.0. The molecule has 1 fully saturated rings. The summed E-state index contributed by atoms with van der Waals surface area (Å²) < 4.78 is 6.08. The maximum Gasteiger partial charge on any atom is 0.301 e. The van der Waals surface area contributed by atoms with Crippen LogP contribution in [0.3, 0.4) is 0 Å². The molecule has 4 aromatic rings. The van der Waals surface area contributed by atoms with E-state index in [4.69, 9.17) is 27.9 Å². The third-order valence-electron chi connectivity index (χ3n) is 5.54. The number of carbonyl (C=O) groups is 2. The van der Waals surface area contributed by atoms with Crippen LogP contribution in [0.4, 0.5) is 5.13 Å². The molecule has 1 aliphatic heterocycles. The Morgan fingerprint density at radius 1 is 1.00 bits per heavy atom. The number of halogens is 2. The number of rotatable bonds is 4. The number of ether oxygens (including phenoxy) is 1. The Kier molecular flexibility index (Phi) is 5.77. The van der Waals surface area contributed by atoms with Crippen LogP contribution in [0.5, 0.6) is 5.75 Å². The van der Waals surface area contributed by atoms with Gasteiger partial charge in [-0.3, -0.25) is 14.5 Å². The molecule has 3 aromatic carbocycles. The summed E-state index contributed by atoms with van der Waals surface area (Å²) in [4.78, 5) is 32.4. The van der Waals surface area contributed by atoms with Gasteiger partial charge in [-0.1, -0.05) is 46.7 Å². The molecule has 9 heteroatoms. The minimum absolute atomic E-state index is 0.0357.